The van der Waals surface area contributed by atoms with Crippen LogP contribution < -0.4 is 10.6 Å². The van der Waals surface area contributed by atoms with Crippen molar-refractivity contribution in [2.24, 2.45) is 5.92 Å². The number of aliphatic carboxylic acids is 1. The SMILES string of the molecule is CC(C)C[C@@H](NC(=O)C(C)NC(=O)c1cccs1)C(=O)O. The maximum absolute atomic E-state index is 12.0. The highest BCUT2D eigenvalue weighted by Crippen LogP contribution is 2.08. The van der Waals surface area contributed by atoms with Gasteiger partial charge < -0.3 is 15.7 Å². The van der Waals surface area contributed by atoms with Crippen LogP contribution in [0.25, 0.3) is 0 Å². The average molecular weight is 312 g/mol. The van der Waals surface area contributed by atoms with E-state index in [1.807, 2.05) is 13.8 Å². The Labute approximate surface area is 127 Å². The molecule has 0 spiro atoms. The first-order chi connectivity index (χ1) is 9.81. The summed E-state index contributed by atoms with van der Waals surface area (Å²) in [4.78, 5) is 35.4. The molecular weight excluding hydrogens is 292 g/mol. The molecular formula is C14H20N2O4S. The van der Waals surface area contributed by atoms with Crippen molar-refractivity contribution >= 4 is 29.1 Å². The van der Waals surface area contributed by atoms with Crippen molar-refractivity contribution in [3.8, 4) is 0 Å². The van der Waals surface area contributed by atoms with E-state index in [0.717, 1.165) is 0 Å². The zero-order chi connectivity index (χ0) is 16.0. The fourth-order valence-corrected chi connectivity index (χ4v) is 2.36. The molecule has 6 nitrogen and oxygen atoms in total. The molecule has 116 valence electrons. The van der Waals surface area contributed by atoms with Crippen LogP contribution in [0.3, 0.4) is 0 Å². The zero-order valence-corrected chi connectivity index (χ0v) is 13.1. The summed E-state index contributed by atoms with van der Waals surface area (Å²) in [5.41, 5.74) is 0. The second-order valence-corrected chi connectivity index (χ2v) is 6.15. The number of carbonyl (C=O) groups excluding carboxylic acids is 2. The second kappa shape index (κ2) is 7.78. The van der Waals surface area contributed by atoms with E-state index in [4.69, 9.17) is 5.11 Å². The van der Waals surface area contributed by atoms with Gasteiger partial charge in [-0.1, -0.05) is 19.9 Å². The smallest absolute Gasteiger partial charge is 0.326 e. The number of hydrogen-bond acceptors (Lipinski definition) is 4. The van der Waals surface area contributed by atoms with Crippen LogP contribution in [0.1, 0.15) is 36.9 Å². The van der Waals surface area contributed by atoms with Crippen molar-refractivity contribution in [2.75, 3.05) is 0 Å². The molecule has 1 aromatic heterocycles. The molecule has 0 bridgehead atoms. The largest absolute Gasteiger partial charge is 0.480 e. The van der Waals surface area contributed by atoms with Crippen LogP contribution in [0.2, 0.25) is 0 Å². The molecule has 21 heavy (non-hydrogen) atoms. The summed E-state index contributed by atoms with van der Waals surface area (Å²) in [5.74, 6) is -1.78. The Balaban J connectivity index is 2.57. The summed E-state index contributed by atoms with van der Waals surface area (Å²) in [6.07, 6.45) is 0.340. The number of rotatable bonds is 7. The number of thiophene rings is 1. The average Bonchev–Trinajstić information content (AvgIpc) is 2.90. The second-order valence-electron chi connectivity index (χ2n) is 5.20. The third kappa shape index (κ3) is 5.55. The van der Waals surface area contributed by atoms with E-state index in [2.05, 4.69) is 10.6 Å². The van der Waals surface area contributed by atoms with Gasteiger partial charge in [0.05, 0.1) is 4.88 Å². The van der Waals surface area contributed by atoms with E-state index in [9.17, 15) is 14.4 Å². The highest BCUT2D eigenvalue weighted by Gasteiger charge is 2.24. The lowest BCUT2D eigenvalue weighted by Crippen LogP contribution is -2.50. The number of amides is 2. The zero-order valence-electron chi connectivity index (χ0n) is 12.3. The standard InChI is InChI=1S/C14H20N2O4S/c1-8(2)7-10(14(19)20)16-12(17)9(3)15-13(18)11-5-4-6-21-11/h4-6,8-10H,7H2,1-3H3,(H,15,18)(H,16,17)(H,19,20)/t9?,10-/m1/s1. The van der Waals surface area contributed by atoms with Gasteiger partial charge in [-0.2, -0.15) is 0 Å². The number of nitrogens with one attached hydrogen (secondary N) is 2. The Morgan fingerprint density at radius 2 is 1.90 bits per heavy atom. The molecule has 2 atom stereocenters. The first kappa shape index (κ1) is 17.2. The van der Waals surface area contributed by atoms with E-state index in [-0.39, 0.29) is 11.8 Å². The Morgan fingerprint density at radius 1 is 1.24 bits per heavy atom. The molecule has 0 aliphatic carbocycles. The molecule has 1 rings (SSSR count). The van der Waals surface area contributed by atoms with E-state index in [1.54, 1.807) is 17.5 Å². The minimum absolute atomic E-state index is 0.141. The summed E-state index contributed by atoms with van der Waals surface area (Å²) in [7, 11) is 0. The Bertz CT molecular complexity index is 499. The topological polar surface area (TPSA) is 95.5 Å². The van der Waals surface area contributed by atoms with Gasteiger partial charge in [0, 0.05) is 0 Å². The van der Waals surface area contributed by atoms with Gasteiger partial charge in [0.2, 0.25) is 5.91 Å². The third-order valence-corrected chi connectivity index (χ3v) is 3.68. The Hall–Kier alpha value is -1.89. The predicted octanol–water partition coefficient (Wildman–Crippen LogP) is 1.48. The van der Waals surface area contributed by atoms with Crippen LogP contribution >= 0.6 is 11.3 Å². The lowest BCUT2D eigenvalue weighted by Gasteiger charge is -2.19. The highest BCUT2D eigenvalue weighted by molar-refractivity contribution is 7.12. The van der Waals surface area contributed by atoms with Crippen LogP contribution in [0.15, 0.2) is 17.5 Å². The molecule has 3 N–H and O–H groups in total. The van der Waals surface area contributed by atoms with Gasteiger partial charge in [-0.3, -0.25) is 9.59 Å². The number of carboxylic acids is 1. The van der Waals surface area contributed by atoms with Gasteiger partial charge in [-0.25, -0.2) is 4.79 Å². The minimum atomic E-state index is -1.08. The van der Waals surface area contributed by atoms with Crippen LogP contribution in [0.5, 0.6) is 0 Å². The number of carboxylic acid groups (broad SMARTS) is 1. The van der Waals surface area contributed by atoms with Crippen molar-refractivity contribution < 1.29 is 19.5 Å². The monoisotopic (exact) mass is 312 g/mol. The van der Waals surface area contributed by atoms with Crippen LogP contribution in [0.4, 0.5) is 0 Å². The van der Waals surface area contributed by atoms with Crippen molar-refractivity contribution in [3.05, 3.63) is 22.4 Å². The molecule has 1 aromatic rings. The quantitative estimate of drug-likeness (QED) is 0.710. The Kier molecular flexibility index (Phi) is 6.36. The molecule has 7 heteroatoms. The van der Waals surface area contributed by atoms with Crippen molar-refractivity contribution in [3.63, 3.8) is 0 Å². The Morgan fingerprint density at radius 3 is 2.38 bits per heavy atom. The van der Waals surface area contributed by atoms with Crippen molar-refractivity contribution in [1.82, 2.24) is 10.6 Å². The highest BCUT2D eigenvalue weighted by atomic mass is 32.1. The summed E-state index contributed by atoms with van der Waals surface area (Å²) in [5, 5.41) is 15.8. The van der Waals surface area contributed by atoms with Gasteiger partial charge >= 0.3 is 5.97 Å². The summed E-state index contributed by atoms with van der Waals surface area (Å²) in [6.45, 7) is 5.28. The summed E-state index contributed by atoms with van der Waals surface area (Å²) in [6, 6.07) is 1.66. The lowest BCUT2D eigenvalue weighted by atomic mass is 10.0. The summed E-state index contributed by atoms with van der Waals surface area (Å²) >= 11 is 1.27. The maximum atomic E-state index is 12.0. The van der Waals surface area contributed by atoms with E-state index in [1.165, 1.54) is 18.3 Å². The van der Waals surface area contributed by atoms with Crippen molar-refractivity contribution in [2.45, 2.75) is 39.3 Å². The fourth-order valence-electron chi connectivity index (χ4n) is 1.73. The van der Waals surface area contributed by atoms with Crippen LogP contribution in [0, 0.1) is 5.92 Å². The first-order valence-corrected chi connectivity index (χ1v) is 7.56. The fraction of sp³-hybridized carbons (Fsp3) is 0.500. The van der Waals surface area contributed by atoms with Crippen LogP contribution in [-0.2, 0) is 9.59 Å². The van der Waals surface area contributed by atoms with E-state index < -0.39 is 24.0 Å². The molecule has 2 amide bonds. The van der Waals surface area contributed by atoms with E-state index >= 15 is 0 Å². The van der Waals surface area contributed by atoms with Gasteiger partial charge in [0.1, 0.15) is 12.1 Å². The molecule has 0 saturated heterocycles. The molecule has 0 aromatic carbocycles. The summed E-state index contributed by atoms with van der Waals surface area (Å²) < 4.78 is 0. The number of hydrogen-bond donors (Lipinski definition) is 3. The predicted molar refractivity (Wildman–Crippen MR) is 80.3 cm³/mol. The molecule has 1 unspecified atom stereocenters. The molecule has 0 radical (unpaired) electrons. The van der Waals surface area contributed by atoms with Crippen LogP contribution in [-0.4, -0.2) is 35.0 Å². The molecule has 0 aliphatic heterocycles. The molecule has 0 saturated carbocycles. The first-order valence-electron chi connectivity index (χ1n) is 6.68. The van der Waals surface area contributed by atoms with Gasteiger partial charge in [0.25, 0.3) is 5.91 Å². The molecule has 0 aliphatic rings. The third-order valence-electron chi connectivity index (χ3n) is 2.81. The maximum Gasteiger partial charge on any atom is 0.326 e. The van der Waals surface area contributed by atoms with Gasteiger partial charge in [-0.05, 0) is 30.7 Å². The van der Waals surface area contributed by atoms with E-state index in [0.29, 0.717) is 11.3 Å². The minimum Gasteiger partial charge on any atom is -0.480 e. The normalized spacial score (nSPS) is 13.5. The van der Waals surface area contributed by atoms with Crippen molar-refractivity contribution in [1.29, 1.82) is 0 Å². The molecule has 0 fully saturated rings. The van der Waals surface area contributed by atoms with Gasteiger partial charge in [-0.15, -0.1) is 11.3 Å². The van der Waals surface area contributed by atoms with Gasteiger partial charge in [0.15, 0.2) is 0 Å². The number of carbonyl (C=O) groups is 3. The lowest BCUT2D eigenvalue weighted by molar-refractivity contribution is -0.142. The molecule has 1 heterocycles.